The van der Waals surface area contributed by atoms with Crippen molar-refractivity contribution in [2.24, 2.45) is 0 Å². The molecule has 5 nitrogen and oxygen atoms in total. The largest absolute Gasteiger partial charge is 0.486 e. The molecule has 1 unspecified atom stereocenters. The summed E-state index contributed by atoms with van der Waals surface area (Å²) < 4.78 is 11.3. The lowest BCUT2D eigenvalue weighted by molar-refractivity contribution is -0.147. The molecular formula is C10H9BrO5. The van der Waals surface area contributed by atoms with Crippen molar-refractivity contribution in [2.45, 2.75) is 6.10 Å². The summed E-state index contributed by atoms with van der Waals surface area (Å²) in [5.74, 6) is -0.599. The van der Waals surface area contributed by atoms with Crippen LogP contribution in [0.3, 0.4) is 0 Å². The summed E-state index contributed by atoms with van der Waals surface area (Å²) in [4.78, 5) is 10.7. The Bertz CT molecular complexity index is 431. The highest BCUT2D eigenvalue weighted by Crippen LogP contribution is 2.42. The number of aliphatic hydroxyl groups is 1. The fourth-order valence-corrected chi connectivity index (χ4v) is 1.90. The number of benzene rings is 1. The average molecular weight is 289 g/mol. The molecule has 6 heteroatoms. The molecule has 0 fully saturated rings. The van der Waals surface area contributed by atoms with Crippen molar-refractivity contribution in [1.82, 2.24) is 0 Å². The zero-order chi connectivity index (χ0) is 11.7. The lowest BCUT2D eigenvalue weighted by atomic mass is 10.1. The first-order valence-corrected chi connectivity index (χ1v) is 5.39. The van der Waals surface area contributed by atoms with Gasteiger partial charge in [0.1, 0.15) is 13.2 Å². The van der Waals surface area contributed by atoms with Crippen molar-refractivity contribution in [3.8, 4) is 11.5 Å². The number of aliphatic carboxylic acids is 1. The van der Waals surface area contributed by atoms with Crippen LogP contribution in [-0.2, 0) is 4.79 Å². The molecular weight excluding hydrogens is 280 g/mol. The minimum absolute atomic E-state index is 0.199. The third-order valence-corrected chi connectivity index (χ3v) is 2.82. The van der Waals surface area contributed by atoms with Crippen LogP contribution in [-0.4, -0.2) is 29.4 Å². The molecule has 2 rings (SSSR count). The number of halogens is 1. The van der Waals surface area contributed by atoms with Gasteiger partial charge in [-0.15, -0.1) is 0 Å². The number of hydrogen-bond donors (Lipinski definition) is 2. The highest BCUT2D eigenvalue weighted by Gasteiger charge is 2.26. The molecule has 1 aliphatic rings. The Morgan fingerprint density at radius 1 is 1.31 bits per heavy atom. The van der Waals surface area contributed by atoms with Crippen molar-refractivity contribution in [2.75, 3.05) is 13.2 Å². The summed E-state index contributed by atoms with van der Waals surface area (Å²) in [5, 5.41) is 18.2. The van der Waals surface area contributed by atoms with Gasteiger partial charge >= 0.3 is 5.97 Å². The molecule has 86 valence electrons. The normalized spacial score (nSPS) is 15.6. The summed E-state index contributed by atoms with van der Waals surface area (Å²) in [6, 6.07) is 3.12. The van der Waals surface area contributed by atoms with E-state index in [-0.39, 0.29) is 11.3 Å². The van der Waals surface area contributed by atoms with Crippen LogP contribution in [0.5, 0.6) is 11.5 Å². The van der Waals surface area contributed by atoms with E-state index >= 15 is 0 Å². The van der Waals surface area contributed by atoms with Crippen molar-refractivity contribution < 1.29 is 24.5 Å². The van der Waals surface area contributed by atoms with Gasteiger partial charge in [0.2, 0.25) is 0 Å². The van der Waals surface area contributed by atoms with Crippen molar-refractivity contribution >= 4 is 21.9 Å². The van der Waals surface area contributed by atoms with Gasteiger partial charge in [0.25, 0.3) is 0 Å². The summed E-state index contributed by atoms with van der Waals surface area (Å²) in [7, 11) is 0. The number of carboxylic acid groups (broad SMARTS) is 1. The van der Waals surface area contributed by atoms with E-state index in [9.17, 15) is 9.90 Å². The van der Waals surface area contributed by atoms with E-state index in [0.29, 0.717) is 23.4 Å². The first-order chi connectivity index (χ1) is 7.61. The number of carbonyl (C=O) groups is 1. The number of fused-ring (bicyclic) bond motifs is 1. The zero-order valence-corrected chi connectivity index (χ0v) is 9.73. The molecule has 0 aromatic heterocycles. The molecule has 0 amide bonds. The fourth-order valence-electron chi connectivity index (χ4n) is 1.47. The Morgan fingerprint density at radius 3 is 2.56 bits per heavy atom. The van der Waals surface area contributed by atoms with Gasteiger partial charge in [-0.1, -0.05) is 6.07 Å². The maximum Gasteiger partial charge on any atom is 0.337 e. The average Bonchev–Trinajstić information content (AvgIpc) is 2.29. The van der Waals surface area contributed by atoms with Gasteiger partial charge in [-0.05, 0) is 22.0 Å². The molecule has 0 spiro atoms. The highest BCUT2D eigenvalue weighted by atomic mass is 79.9. The number of rotatable bonds is 2. The van der Waals surface area contributed by atoms with Crippen LogP contribution in [0, 0.1) is 0 Å². The minimum Gasteiger partial charge on any atom is -0.486 e. The van der Waals surface area contributed by atoms with Crippen LogP contribution in [0.2, 0.25) is 0 Å². The zero-order valence-electron chi connectivity index (χ0n) is 8.14. The van der Waals surface area contributed by atoms with Gasteiger partial charge in [-0.2, -0.15) is 0 Å². The Kier molecular flexibility index (Phi) is 3.02. The second-order valence-electron chi connectivity index (χ2n) is 3.23. The first-order valence-electron chi connectivity index (χ1n) is 4.60. The fraction of sp³-hybridized carbons (Fsp3) is 0.300. The molecule has 1 aromatic rings. The molecule has 0 radical (unpaired) electrons. The molecule has 2 N–H and O–H groups in total. The van der Waals surface area contributed by atoms with E-state index < -0.39 is 12.1 Å². The van der Waals surface area contributed by atoms with Crippen LogP contribution >= 0.6 is 15.9 Å². The predicted octanol–water partition coefficient (Wildman–Crippen LogP) is 1.34. The quantitative estimate of drug-likeness (QED) is 0.859. The molecule has 1 heterocycles. The monoisotopic (exact) mass is 288 g/mol. The molecule has 0 bridgehead atoms. The van der Waals surface area contributed by atoms with Gasteiger partial charge < -0.3 is 19.7 Å². The topological polar surface area (TPSA) is 76.0 Å². The molecule has 16 heavy (non-hydrogen) atoms. The Balaban J connectivity index is 2.50. The van der Waals surface area contributed by atoms with Crippen LogP contribution < -0.4 is 9.47 Å². The van der Waals surface area contributed by atoms with E-state index in [0.717, 1.165) is 0 Å². The van der Waals surface area contributed by atoms with E-state index in [4.69, 9.17) is 14.6 Å². The third-order valence-electron chi connectivity index (χ3n) is 2.20. The van der Waals surface area contributed by atoms with Crippen molar-refractivity contribution in [1.29, 1.82) is 0 Å². The molecule has 1 aliphatic heterocycles. The Labute approximate surface area is 99.7 Å². The lowest BCUT2D eigenvalue weighted by Gasteiger charge is -2.23. The predicted molar refractivity (Wildman–Crippen MR) is 57.7 cm³/mol. The van der Waals surface area contributed by atoms with E-state index in [1.165, 1.54) is 6.07 Å². The lowest BCUT2D eigenvalue weighted by Crippen LogP contribution is -2.19. The van der Waals surface area contributed by atoms with Gasteiger partial charge in [-0.25, -0.2) is 4.79 Å². The second-order valence-corrected chi connectivity index (χ2v) is 4.09. The summed E-state index contributed by atoms with van der Waals surface area (Å²) in [6.07, 6.45) is -1.61. The minimum atomic E-state index is -1.61. The molecule has 0 aliphatic carbocycles. The van der Waals surface area contributed by atoms with E-state index in [1.54, 1.807) is 6.07 Å². The number of hydrogen-bond acceptors (Lipinski definition) is 4. The molecule has 0 saturated heterocycles. The van der Waals surface area contributed by atoms with Gasteiger partial charge in [-0.3, -0.25) is 0 Å². The standard InChI is InChI=1S/C10H9BrO5/c11-6-2-1-5(7(12)10(13)14)8-9(6)16-4-3-15-8/h1-2,7,12H,3-4H2,(H,13,14). The van der Waals surface area contributed by atoms with E-state index in [1.807, 2.05) is 0 Å². The van der Waals surface area contributed by atoms with Gasteiger partial charge in [0.15, 0.2) is 17.6 Å². The highest BCUT2D eigenvalue weighted by molar-refractivity contribution is 9.10. The molecule has 0 saturated carbocycles. The smallest absolute Gasteiger partial charge is 0.337 e. The second kappa shape index (κ2) is 4.31. The SMILES string of the molecule is O=C(O)C(O)c1ccc(Br)c2c1OCCO2. The van der Waals surface area contributed by atoms with Gasteiger partial charge in [0.05, 0.1) is 4.47 Å². The van der Waals surface area contributed by atoms with Crippen molar-refractivity contribution in [3.05, 3.63) is 22.2 Å². The summed E-state index contributed by atoms with van der Waals surface area (Å²) in [6.45, 7) is 0.737. The van der Waals surface area contributed by atoms with Crippen LogP contribution in [0.4, 0.5) is 0 Å². The summed E-state index contributed by atoms with van der Waals surface area (Å²) in [5.41, 5.74) is 0.199. The van der Waals surface area contributed by atoms with E-state index in [2.05, 4.69) is 15.9 Å². The van der Waals surface area contributed by atoms with Crippen LogP contribution in [0.15, 0.2) is 16.6 Å². The van der Waals surface area contributed by atoms with Crippen molar-refractivity contribution in [3.63, 3.8) is 0 Å². The molecule has 1 aromatic carbocycles. The number of aliphatic hydroxyl groups excluding tert-OH is 1. The third kappa shape index (κ3) is 1.85. The number of carboxylic acids is 1. The first kappa shape index (κ1) is 11.2. The molecule has 1 atom stereocenters. The maximum absolute atomic E-state index is 10.7. The van der Waals surface area contributed by atoms with Gasteiger partial charge in [0, 0.05) is 5.56 Å². The Hall–Kier alpha value is -1.27. The summed E-state index contributed by atoms with van der Waals surface area (Å²) >= 11 is 3.27. The maximum atomic E-state index is 10.7. The van der Waals surface area contributed by atoms with Crippen LogP contribution in [0.1, 0.15) is 11.7 Å². The van der Waals surface area contributed by atoms with Crippen LogP contribution in [0.25, 0.3) is 0 Å². The Morgan fingerprint density at radius 2 is 1.94 bits per heavy atom. The number of ether oxygens (including phenoxy) is 2.